The van der Waals surface area contributed by atoms with Crippen molar-refractivity contribution in [1.29, 1.82) is 0 Å². The molecule has 0 bridgehead atoms. The maximum absolute atomic E-state index is 12.1. The monoisotopic (exact) mass is 335 g/mol. The van der Waals surface area contributed by atoms with Crippen LogP contribution in [-0.2, 0) is 10.0 Å². The number of benzene rings is 2. The van der Waals surface area contributed by atoms with Gasteiger partial charge in [-0.05, 0) is 30.7 Å². The van der Waals surface area contributed by atoms with E-state index in [2.05, 4.69) is 5.32 Å². The molecule has 0 radical (unpaired) electrons. The molecule has 0 saturated carbocycles. The normalized spacial score (nSPS) is 11.0. The quantitative estimate of drug-likeness (QED) is 0.649. The van der Waals surface area contributed by atoms with E-state index in [1.165, 1.54) is 36.4 Å². The summed E-state index contributed by atoms with van der Waals surface area (Å²) in [5.74, 6) is -0.599. The van der Waals surface area contributed by atoms with Crippen LogP contribution in [0.3, 0.4) is 0 Å². The number of carbonyl (C=O) groups excluding carboxylic acids is 1. The Morgan fingerprint density at radius 2 is 1.91 bits per heavy atom. The number of anilines is 1. The number of non-ortho nitro benzene ring substituents is 1. The van der Waals surface area contributed by atoms with Crippen molar-refractivity contribution in [2.24, 2.45) is 5.14 Å². The minimum absolute atomic E-state index is 0.0805. The van der Waals surface area contributed by atoms with E-state index in [9.17, 15) is 23.3 Å². The van der Waals surface area contributed by atoms with Crippen molar-refractivity contribution in [1.82, 2.24) is 0 Å². The fourth-order valence-electron chi connectivity index (χ4n) is 1.95. The standard InChI is InChI=1S/C14H13N3O5S/c1-9-5-6-11(8-13(9)23(15,21)22)16-14(18)10-3-2-4-12(7-10)17(19)20/h2-8H,1H3,(H,16,18)(H2,15,21,22). The van der Waals surface area contributed by atoms with Gasteiger partial charge < -0.3 is 5.32 Å². The lowest BCUT2D eigenvalue weighted by atomic mass is 10.1. The number of aryl methyl sites for hydroxylation is 1. The topological polar surface area (TPSA) is 132 Å². The van der Waals surface area contributed by atoms with Gasteiger partial charge >= 0.3 is 0 Å². The predicted octanol–water partition coefficient (Wildman–Crippen LogP) is 1.80. The number of nitrogens with one attached hydrogen (secondary N) is 1. The molecule has 2 rings (SSSR count). The van der Waals surface area contributed by atoms with E-state index in [0.717, 1.165) is 6.07 Å². The first-order chi connectivity index (χ1) is 10.7. The van der Waals surface area contributed by atoms with Crippen LogP contribution in [0.5, 0.6) is 0 Å². The number of primary sulfonamides is 1. The molecule has 0 atom stereocenters. The van der Waals surface area contributed by atoms with E-state index >= 15 is 0 Å². The maximum atomic E-state index is 12.1. The molecule has 2 aromatic carbocycles. The van der Waals surface area contributed by atoms with Crippen molar-refractivity contribution in [3.63, 3.8) is 0 Å². The first kappa shape index (κ1) is 16.6. The Hall–Kier alpha value is -2.78. The van der Waals surface area contributed by atoms with Crippen molar-refractivity contribution in [2.45, 2.75) is 11.8 Å². The van der Waals surface area contributed by atoms with Crippen LogP contribution in [-0.4, -0.2) is 19.2 Å². The molecule has 1 amide bonds. The fraction of sp³-hybridized carbons (Fsp3) is 0.0714. The molecule has 0 fully saturated rings. The summed E-state index contributed by atoms with van der Waals surface area (Å²) in [4.78, 5) is 22.1. The number of nitrogens with two attached hydrogens (primary N) is 1. The zero-order valence-corrected chi connectivity index (χ0v) is 12.8. The number of nitro benzene ring substituents is 1. The number of sulfonamides is 1. The molecule has 0 aliphatic rings. The van der Waals surface area contributed by atoms with E-state index in [-0.39, 0.29) is 21.8 Å². The Labute approximate surface area is 132 Å². The summed E-state index contributed by atoms with van der Waals surface area (Å²) in [6, 6.07) is 9.45. The molecular formula is C14H13N3O5S. The van der Waals surface area contributed by atoms with Gasteiger partial charge in [0, 0.05) is 23.4 Å². The highest BCUT2D eigenvalue weighted by Crippen LogP contribution is 2.20. The van der Waals surface area contributed by atoms with Gasteiger partial charge in [0.2, 0.25) is 10.0 Å². The van der Waals surface area contributed by atoms with Gasteiger partial charge in [-0.15, -0.1) is 0 Å². The number of nitro groups is 1. The van der Waals surface area contributed by atoms with Crippen LogP contribution >= 0.6 is 0 Å². The highest BCUT2D eigenvalue weighted by atomic mass is 32.2. The maximum Gasteiger partial charge on any atom is 0.270 e. The lowest BCUT2D eigenvalue weighted by molar-refractivity contribution is -0.384. The van der Waals surface area contributed by atoms with Gasteiger partial charge in [-0.2, -0.15) is 0 Å². The molecule has 0 spiro atoms. The summed E-state index contributed by atoms with van der Waals surface area (Å²) < 4.78 is 22.9. The van der Waals surface area contributed by atoms with Crippen molar-refractivity contribution >= 4 is 27.3 Å². The van der Waals surface area contributed by atoms with Crippen LogP contribution in [0.2, 0.25) is 0 Å². The third-order valence-electron chi connectivity index (χ3n) is 3.07. The summed E-state index contributed by atoms with van der Waals surface area (Å²) >= 11 is 0. The first-order valence-corrected chi connectivity index (χ1v) is 7.92. The Balaban J connectivity index is 2.31. The van der Waals surface area contributed by atoms with Crippen molar-refractivity contribution in [2.75, 3.05) is 5.32 Å². The van der Waals surface area contributed by atoms with E-state index in [0.29, 0.717) is 5.56 Å². The molecule has 0 aromatic heterocycles. The first-order valence-electron chi connectivity index (χ1n) is 6.38. The minimum atomic E-state index is -3.91. The van der Waals surface area contributed by atoms with Crippen LogP contribution in [0.4, 0.5) is 11.4 Å². The van der Waals surface area contributed by atoms with Gasteiger partial charge in [0.15, 0.2) is 0 Å². The Morgan fingerprint density at radius 1 is 1.22 bits per heavy atom. The molecule has 0 saturated heterocycles. The van der Waals surface area contributed by atoms with Crippen LogP contribution in [0, 0.1) is 17.0 Å². The SMILES string of the molecule is Cc1ccc(NC(=O)c2cccc([N+](=O)[O-])c2)cc1S(N)(=O)=O. The molecule has 9 heteroatoms. The summed E-state index contributed by atoms with van der Waals surface area (Å²) in [6.45, 7) is 1.58. The lowest BCUT2D eigenvalue weighted by Gasteiger charge is -2.09. The molecular weight excluding hydrogens is 322 g/mol. The third-order valence-corrected chi connectivity index (χ3v) is 4.12. The Kier molecular flexibility index (Phi) is 4.43. The highest BCUT2D eigenvalue weighted by Gasteiger charge is 2.15. The van der Waals surface area contributed by atoms with Crippen molar-refractivity contribution in [3.05, 3.63) is 63.7 Å². The molecule has 8 nitrogen and oxygen atoms in total. The molecule has 0 heterocycles. The molecule has 23 heavy (non-hydrogen) atoms. The van der Waals surface area contributed by atoms with Crippen molar-refractivity contribution in [3.8, 4) is 0 Å². The van der Waals surface area contributed by atoms with Gasteiger partial charge in [-0.25, -0.2) is 13.6 Å². The molecule has 120 valence electrons. The van der Waals surface area contributed by atoms with Crippen LogP contribution in [0.15, 0.2) is 47.4 Å². The summed E-state index contributed by atoms with van der Waals surface area (Å²) in [5, 5.41) is 18.3. The summed E-state index contributed by atoms with van der Waals surface area (Å²) in [5.41, 5.74) is 0.528. The number of hydrogen-bond donors (Lipinski definition) is 2. The van der Waals surface area contributed by atoms with Gasteiger partial charge in [0.25, 0.3) is 11.6 Å². The number of rotatable bonds is 4. The van der Waals surface area contributed by atoms with Gasteiger partial charge in [0.1, 0.15) is 0 Å². The van der Waals surface area contributed by atoms with E-state index in [1.807, 2.05) is 0 Å². The van der Waals surface area contributed by atoms with Crippen molar-refractivity contribution < 1.29 is 18.1 Å². The van der Waals surface area contributed by atoms with E-state index in [1.54, 1.807) is 6.92 Å². The molecule has 2 aromatic rings. The van der Waals surface area contributed by atoms with Gasteiger partial charge in [0.05, 0.1) is 9.82 Å². The number of hydrogen-bond acceptors (Lipinski definition) is 5. The number of carbonyl (C=O) groups is 1. The molecule has 3 N–H and O–H groups in total. The van der Waals surface area contributed by atoms with Gasteiger partial charge in [-0.3, -0.25) is 14.9 Å². The lowest BCUT2D eigenvalue weighted by Crippen LogP contribution is -2.16. The zero-order valence-electron chi connectivity index (χ0n) is 12.0. The van der Waals surface area contributed by atoms with Gasteiger partial charge in [-0.1, -0.05) is 12.1 Å². The molecule has 0 aliphatic carbocycles. The fourth-order valence-corrected chi connectivity index (χ4v) is 2.76. The summed E-state index contributed by atoms with van der Waals surface area (Å²) in [7, 11) is -3.91. The number of nitrogens with zero attached hydrogens (tertiary/aromatic N) is 1. The smallest absolute Gasteiger partial charge is 0.270 e. The minimum Gasteiger partial charge on any atom is -0.322 e. The predicted molar refractivity (Wildman–Crippen MR) is 83.6 cm³/mol. The zero-order chi connectivity index (χ0) is 17.2. The average molecular weight is 335 g/mol. The highest BCUT2D eigenvalue weighted by molar-refractivity contribution is 7.89. The third kappa shape index (κ3) is 3.90. The van der Waals surface area contributed by atoms with Crippen LogP contribution in [0.25, 0.3) is 0 Å². The Morgan fingerprint density at radius 3 is 2.52 bits per heavy atom. The molecule has 0 aliphatic heterocycles. The number of amides is 1. The Bertz CT molecular complexity index is 893. The second-order valence-corrected chi connectivity index (χ2v) is 6.32. The van der Waals surface area contributed by atoms with E-state index in [4.69, 9.17) is 5.14 Å². The summed E-state index contributed by atoms with van der Waals surface area (Å²) in [6.07, 6.45) is 0. The van der Waals surface area contributed by atoms with Crippen LogP contribution in [0.1, 0.15) is 15.9 Å². The second-order valence-electron chi connectivity index (χ2n) is 4.79. The largest absolute Gasteiger partial charge is 0.322 e. The van der Waals surface area contributed by atoms with Crippen LogP contribution < -0.4 is 10.5 Å². The second kappa shape index (κ2) is 6.15. The molecule has 0 unspecified atom stereocenters. The van der Waals surface area contributed by atoms with E-state index < -0.39 is 20.9 Å². The average Bonchev–Trinajstić information content (AvgIpc) is 2.48.